The standard InChI is InChI=1S/C8H7BrFNO/c1-4(12)6-2-5(11)3-7(9)8(6)10/h2-3H,11H2,1H3. The van der Waals surface area contributed by atoms with Gasteiger partial charge in [0.05, 0.1) is 10.0 Å². The molecule has 0 radical (unpaired) electrons. The van der Waals surface area contributed by atoms with Crippen LogP contribution in [0.2, 0.25) is 0 Å². The third-order valence-electron chi connectivity index (χ3n) is 1.43. The minimum atomic E-state index is -0.559. The number of anilines is 1. The Kier molecular flexibility index (Phi) is 2.47. The normalized spacial score (nSPS) is 9.92. The van der Waals surface area contributed by atoms with Gasteiger partial charge in [-0.1, -0.05) is 0 Å². The van der Waals surface area contributed by atoms with Gasteiger partial charge in [-0.25, -0.2) is 4.39 Å². The van der Waals surface area contributed by atoms with Crippen molar-refractivity contribution >= 4 is 27.4 Å². The van der Waals surface area contributed by atoms with Crippen LogP contribution in [0.5, 0.6) is 0 Å². The summed E-state index contributed by atoms with van der Waals surface area (Å²) in [5, 5.41) is 0. The first-order chi connectivity index (χ1) is 5.52. The lowest BCUT2D eigenvalue weighted by Crippen LogP contribution is -1.99. The van der Waals surface area contributed by atoms with Gasteiger partial charge in [-0.15, -0.1) is 0 Å². The molecule has 12 heavy (non-hydrogen) atoms. The Morgan fingerprint density at radius 3 is 2.67 bits per heavy atom. The molecule has 64 valence electrons. The van der Waals surface area contributed by atoms with Crippen molar-refractivity contribution in [3.63, 3.8) is 0 Å². The van der Waals surface area contributed by atoms with Gasteiger partial charge in [-0.2, -0.15) is 0 Å². The molecule has 1 aromatic rings. The first-order valence-electron chi connectivity index (χ1n) is 3.28. The fraction of sp³-hybridized carbons (Fsp3) is 0.125. The zero-order valence-corrected chi connectivity index (χ0v) is 7.98. The van der Waals surface area contributed by atoms with E-state index in [2.05, 4.69) is 15.9 Å². The largest absolute Gasteiger partial charge is 0.399 e. The van der Waals surface area contributed by atoms with Gasteiger partial charge < -0.3 is 5.73 Å². The maximum absolute atomic E-state index is 13.1. The van der Waals surface area contributed by atoms with Gasteiger partial charge in [0.1, 0.15) is 5.82 Å². The van der Waals surface area contributed by atoms with Crippen molar-refractivity contribution in [3.05, 3.63) is 28.0 Å². The molecule has 0 saturated heterocycles. The van der Waals surface area contributed by atoms with E-state index < -0.39 is 5.82 Å². The Labute approximate surface area is 77.7 Å². The number of nitrogen functional groups attached to an aromatic ring is 1. The van der Waals surface area contributed by atoms with E-state index in [1.807, 2.05) is 0 Å². The third-order valence-corrected chi connectivity index (χ3v) is 2.01. The Balaban J connectivity index is 3.37. The minimum absolute atomic E-state index is 0.0156. The molecule has 2 N–H and O–H groups in total. The molecule has 0 atom stereocenters. The van der Waals surface area contributed by atoms with E-state index >= 15 is 0 Å². The Hall–Kier alpha value is -0.900. The number of nitrogens with two attached hydrogens (primary N) is 1. The number of halogens is 2. The number of rotatable bonds is 1. The molecule has 0 unspecified atom stereocenters. The van der Waals surface area contributed by atoms with E-state index in [9.17, 15) is 9.18 Å². The van der Waals surface area contributed by atoms with Gasteiger partial charge in [0.2, 0.25) is 0 Å². The number of benzene rings is 1. The highest BCUT2D eigenvalue weighted by Crippen LogP contribution is 2.22. The van der Waals surface area contributed by atoms with Gasteiger partial charge in [0, 0.05) is 5.69 Å². The lowest BCUT2D eigenvalue weighted by Gasteiger charge is -2.02. The van der Waals surface area contributed by atoms with E-state index in [1.165, 1.54) is 19.1 Å². The topological polar surface area (TPSA) is 43.1 Å². The Bertz CT molecular complexity index is 338. The summed E-state index contributed by atoms with van der Waals surface area (Å²) in [5.41, 5.74) is 5.80. The fourth-order valence-electron chi connectivity index (χ4n) is 0.866. The molecule has 0 bridgehead atoms. The summed E-state index contributed by atoms with van der Waals surface area (Å²) in [6, 6.07) is 2.74. The fourth-order valence-corrected chi connectivity index (χ4v) is 1.34. The molecule has 4 heteroatoms. The van der Waals surface area contributed by atoms with Crippen molar-refractivity contribution in [1.29, 1.82) is 0 Å². The lowest BCUT2D eigenvalue weighted by atomic mass is 10.1. The second kappa shape index (κ2) is 3.23. The van der Waals surface area contributed by atoms with Gasteiger partial charge in [-0.3, -0.25) is 4.79 Å². The minimum Gasteiger partial charge on any atom is -0.399 e. The molecule has 0 spiro atoms. The highest BCUT2D eigenvalue weighted by molar-refractivity contribution is 9.10. The highest BCUT2D eigenvalue weighted by Gasteiger charge is 2.10. The molecule has 0 amide bonds. The van der Waals surface area contributed by atoms with Crippen LogP contribution in [0.3, 0.4) is 0 Å². The van der Waals surface area contributed by atoms with Crippen molar-refractivity contribution in [2.24, 2.45) is 0 Å². The summed E-state index contributed by atoms with van der Waals surface area (Å²) in [4.78, 5) is 10.9. The van der Waals surface area contributed by atoms with Crippen LogP contribution in [0.4, 0.5) is 10.1 Å². The third kappa shape index (κ3) is 1.64. The Morgan fingerprint density at radius 1 is 1.58 bits per heavy atom. The van der Waals surface area contributed by atoms with Gasteiger partial charge in [-0.05, 0) is 35.0 Å². The van der Waals surface area contributed by atoms with E-state index in [1.54, 1.807) is 0 Å². The first kappa shape index (κ1) is 9.19. The van der Waals surface area contributed by atoms with Crippen LogP contribution in [0, 0.1) is 5.82 Å². The number of carbonyl (C=O) groups excluding carboxylic acids is 1. The monoisotopic (exact) mass is 231 g/mol. The summed E-state index contributed by atoms with van der Waals surface area (Å²) in [5.74, 6) is -0.891. The number of Topliss-reactive ketones (excluding diaryl/α,β-unsaturated/α-hetero) is 1. The SMILES string of the molecule is CC(=O)c1cc(N)cc(Br)c1F. The number of hydrogen-bond donors (Lipinski definition) is 1. The van der Waals surface area contributed by atoms with Crippen LogP contribution < -0.4 is 5.73 Å². The van der Waals surface area contributed by atoms with Crippen molar-refractivity contribution in [3.8, 4) is 0 Å². The van der Waals surface area contributed by atoms with E-state index in [-0.39, 0.29) is 15.8 Å². The molecule has 2 nitrogen and oxygen atoms in total. The summed E-state index contributed by atoms with van der Waals surface area (Å²) < 4.78 is 13.3. The van der Waals surface area contributed by atoms with Crippen LogP contribution >= 0.6 is 15.9 Å². The molecule has 0 aliphatic heterocycles. The predicted molar refractivity (Wildman–Crippen MR) is 48.5 cm³/mol. The van der Waals surface area contributed by atoms with Crippen molar-refractivity contribution in [2.45, 2.75) is 6.92 Å². The van der Waals surface area contributed by atoms with Gasteiger partial charge in [0.25, 0.3) is 0 Å². The second-order valence-corrected chi connectivity index (χ2v) is 3.27. The number of hydrogen-bond acceptors (Lipinski definition) is 2. The quantitative estimate of drug-likeness (QED) is 0.596. The molecule has 0 aromatic heterocycles. The zero-order valence-electron chi connectivity index (χ0n) is 6.40. The van der Waals surface area contributed by atoms with Crippen LogP contribution in [-0.2, 0) is 0 Å². The summed E-state index contributed by atoms with van der Waals surface area (Å²) >= 11 is 2.96. The Morgan fingerprint density at radius 2 is 2.17 bits per heavy atom. The number of ketones is 1. The van der Waals surface area contributed by atoms with Crippen LogP contribution in [0.15, 0.2) is 16.6 Å². The number of carbonyl (C=O) groups is 1. The predicted octanol–water partition coefficient (Wildman–Crippen LogP) is 2.37. The molecule has 0 saturated carbocycles. The highest BCUT2D eigenvalue weighted by atomic mass is 79.9. The summed E-state index contributed by atoms with van der Waals surface area (Å²) in [7, 11) is 0. The maximum atomic E-state index is 13.1. The molecule has 1 rings (SSSR count). The van der Waals surface area contributed by atoms with E-state index in [0.717, 1.165) is 0 Å². The molecule has 0 aliphatic carbocycles. The average Bonchev–Trinajstić information content (AvgIpc) is 1.96. The van der Waals surface area contributed by atoms with Crippen LogP contribution in [0.1, 0.15) is 17.3 Å². The molecule has 1 aromatic carbocycles. The smallest absolute Gasteiger partial charge is 0.162 e. The average molecular weight is 232 g/mol. The van der Waals surface area contributed by atoms with Crippen molar-refractivity contribution < 1.29 is 9.18 Å². The van der Waals surface area contributed by atoms with Crippen molar-refractivity contribution in [1.82, 2.24) is 0 Å². The van der Waals surface area contributed by atoms with E-state index in [4.69, 9.17) is 5.73 Å². The first-order valence-corrected chi connectivity index (χ1v) is 4.07. The molecular weight excluding hydrogens is 225 g/mol. The summed E-state index contributed by atoms with van der Waals surface area (Å²) in [6.45, 7) is 1.30. The summed E-state index contributed by atoms with van der Waals surface area (Å²) in [6.07, 6.45) is 0. The van der Waals surface area contributed by atoms with Crippen LogP contribution in [-0.4, -0.2) is 5.78 Å². The molecular formula is C8H7BrFNO. The van der Waals surface area contributed by atoms with Crippen molar-refractivity contribution in [2.75, 3.05) is 5.73 Å². The van der Waals surface area contributed by atoms with Gasteiger partial charge >= 0.3 is 0 Å². The maximum Gasteiger partial charge on any atom is 0.162 e. The van der Waals surface area contributed by atoms with Crippen LogP contribution in [0.25, 0.3) is 0 Å². The second-order valence-electron chi connectivity index (χ2n) is 2.42. The molecule has 0 aliphatic rings. The zero-order chi connectivity index (χ0) is 9.30. The lowest BCUT2D eigenvalue weighted by molar-refractivity contribution is 0.101. The molecule has 0 fully saturated rings. The van der Waals surface area contributed by atoms with Gasteiger partial charge in [0.15, 0.2) is 5.78 Å². The molecule has 0 heterocycles. The van der Waals surface area contributed by atoms with E-state index in [0.29, 0.717) is 5.69 Å².